The fourth-order valence-corrected chi connectivity index (χ4v) is 1.54. The quantitative estimate of drug-likeness (QED) is 0.551. The van der Waals surface area contributed by atoms with Crippen molar-refractivity contribution in [3.8, 4) is 0 Å². The summed E-state index contributed by atoms with van der Waals surface area (Å²) in [5, 5.41) is 10.8. The summed E-state index contributed by atoms with van der Waals surface area (Å²) in [6.07, 6.45) is 9.60. The SMILES string of the molecule is N=C=O.N=C=O.O=C=NCC1CCCCC1. The standard InChI is InChI=1S/C8H13NO.2CHNO/c10-7-9-6-8-4-2-1-3-5-8;2*2-1-3/h8H,1-6H2;2*2H. The fraction of sp³-hybridized carbons (Fsp3) is 0.700. The van der Waals surface area contributed by atoms with E-state index >= 15 is 0 Å². The topological polar surface area (TPSA) is 111 Å². The Kier molecular flexibility index (Phi) is 16.2. The zero-order chi connectivity index (χ0) is 12.6. The van der Waals surface area contributed by atoms with Gasteiger partial charge in [-0.2, -0.15) is 0 Å². The predicted molar refractivity (Wildman–Crippen MR) is 56.4 cm³/mol. The highest BCUT2D eigenvalue weighted by Gasteiger charge is 2.11. The van der Waals surface area contributed by atoms with Crippen LogP contribution in [0, 0.1) is 16.7 Å². The third-order valence-electron chi connectivity index (χ3n) is 2.14. The van der Waals surface area contributed by atoms with Crippen LogP contribution in [0.5, 0.6) is 0 Å². The molecule has 0 aromatic rings. The maximum atomic E-state index is 9.76. The molecule has 0 aromatic carbocycles. The van der Waals surface area contributed by atoms with Crippen LogP contribution in [0.4, 0.5) is 0 Å². The molecule has 88 valence electrons. The van der Waals surface area contributed by atoms with Crippen molar-refractivity contribution in [1.29, 1.82) is 10.8 Å². The molecule has 0 bridgehead atoms. The summed E-state index contributed by atoms with van der Waals surface area (Å²) in [6.45, 7) is 0.712. The molecule has 6 heteroatoms. The van der Waals surface area contributed by atoms with Gasteiger partial charge < -0.3 is 0 Å². The highest BCUT2D eigenvalue weighted by Crippen LogP contribution is 2.23. The summed E-state index contributed by atoms with van der Waals surface area (Å²) in [5.74, 6) is 0.676. The van der Waals surface area contributed by atoms with Gasteiger partial charge in [0, 0.05) is 0 Å². The predicted octanol–water partition coefficient (Wildman–Crippen LogP) is 1.70. The van der Waals surface area contributed by atoms with Gasteiger partial charge in [0.2, 0.25) is 18.2 Å². The van der Waals surface area contributed by atoms with Crippen LogP contribution in [0.25, 0.3) is 0 Å². The first-order chi connectivity index (χ1) is 7.76. The lowest BCUT2D eigenvalue weighted by molar-refractivity contribution is 0.366. The van der Waals surface area contributed by atoms with E-state index in [2.05, 4.69) is 4.99 Å². The number of nitrogens with one attached hydrogen (secondary N) is 2. The average molecular weight is 225 g/mol. The summed E-state index contributed by atoms with van der Waals surface area (Å²) in [5.41, 5.74) is 0. The molecule has 0 spiro atoms. The second-order valence-corrected chi connectivity index (χ2v) is 3.14. The first-order valence-electron chi connectivity index (χ1n) is 4.88. The molecule has 0 unspecified atom stereocenters. The van der Waals surface area contributed by atoms with Crippen molar-refractivity contribution in [3.05, 3.63) is 0 Å². The summed E-state index contributed by atoms with van der Waals surface area (Å²) < 4.78 is 0. The summed E-state index contributed by atoms with van der Waals surface area (Å²) in [4.78, 5) is 30.0. The molecule has 0 saturated heterocycles. The molecule has 6 nitrogen and oxygen atoms in total. The van der Waals surface area contributed by atoms with Crippen molar-refractivity contribution in [3.63, 3.8) is 0 Å². The van der Waals surface area contributed by atoms with Crippen molar-refractivity contribution < 1.29 is 14.4 Å². The average Bonchev–Trinajstić information content (AvgIpc) is 2.30. The lowest BCUT2D eigenvalue weighted by Gasteiger charge is -2.18. The van der Waals surface area contributed by atoms with Crippen molar-refractivity contribution in [2.24, 2.45) is 10.9 Å². The summed E-state index contributed by atoms with van der Waals surface area (Å²) in [7, 11) is 0. The molecule has 16 heavy (non-hydrogen) atoms. The normalized spacial score (nSPS) is 13.5. The Bertz CT molecular complexity index is 255. The van der Waals surface area contributed by atoms with E-state index in [0.29, 0.717) is 12.5 Å². The number of isocyanates is 3. The van der Waals surface area contributed by atoms with Gasteiger partial charge >= 0.3 is 0 Å². The first-order valence-corrected chi connectivity index (χ1v) is 4.88. The second-order valence-electron chi connectivity index (χ2n) is 3.14. The Morgan fingerprint density at radius 1 is 1.00 bits per heavy atom. The second kappa shape index (κ2) is 15.6. The Morgan fingerprint density at radius 2 is 1.44 bits per heavy atom. The molecule has 0 amide bonds. The largest absolute Gasteiger partial charge is 0.234 e. The van der Waals surface area contributed by atoms with Crippen LogP contribution in [-0.2, 0) is 14.4 Å². The number of hydrogen-bond acceptors (Lipinski definition) is 6. The van der Waals surface area contributed by atoms with Crippen LogP contribution < -0.4 is 0 Å². The minimum atomic E-state index is 0.676. The Hall–Kier alpha value is -1.86. The van der Waals surface area contributed by atoms with Crippen molar-refractivity contribution in [2.45, 2.75) is 32.1 Å². The number of hydrogen-bond donors (Lipinski definition) is 2. The van der Waals surface area contributed by atoms with Crippen LogP contribution in [0.3, 0.4) is 0 Å². The summed E-state index contributed by atoms with van der Waals surface area (Å²) >= 11 is 0. The van der Waals surface area contributed by atoms with Gasteiger partial charge in [-0.15, -0.1) is 0 Å². The molecule has 1 aliphatic rings. The van der Waals surface area contributed by atoms with E-state index in [1.54, 1.807) is 6.08 Å². The number of carbonyl (C=O) groups excluding carboxylic acids is 3. The molecular formula is C10H15N3O3. The van der Waals surface area contributed by atoms with Crippen LogP contribution >= 0.6 is 0 Å². The molecule has 1 saturated carbocycles. The highest BCUT2D eigenvalue weighted by molar-refractivity contribution is 5.32. The Balaban J connectivity index is 0. The van der Waals surface area contributed by atoms with E-state index in [1.165, 1.54) is 32.1 Å². The number of aliphatic imine (C=N–C) groups is 1. The van der Waals surface area contributed by atoms with Gasteiger partial charge in [0.25, 0.3) is 0 Å². The van der Waals surface area contributed by atoms with Gasteiger partial charge in [0.05, 0.1) is 6.54 Å². The first kappa shape index (κ1) is 16.6. The molecule has 1 rings (SSSR count). The molecular weight excluding hydrogens is 210 g/mol. The van der Waals surface area contributed by atoms with Crippen molar-refractivity contribution in [2.75, 3.05) is 6.54 Å². The number of nitrogens with zero attached hydrogens (tertiary/aromatic N) is 1. The van der Waals surface area contributed by atoms with Gasteiger partial charge in [-0.05, 0) is 18.8 Å². The van der Waals surface area contributed by atoms with Crippen LogP contribution in [0.2, 0.25) is 0 Å². The van der Waals surface area contributed by atoms with Crippen molar-refractivity contribution >= 4 is 18.2 Å². The van der Waals surface area contributed by atoms with E-state index in [0.717, 1.165) is 12.2 Å². The van der Waals surface area contributed by atoms with Crippen LogP contribution in [-0.4, -0.2) is 24.8 Å². The molecule has 0 radical (unpaired) electrons. The van der Waals surface area contributed by atoms with E-state index < -0.39 is 0 Å². The van der Waals surface area contributed by atoms with Crippen LogP contribution in [0.15, 0.2) is 4.99 Å². The highest BCUT2D eigenvalue weighted by atomic mass is 16.1. The maximum absolute atomic E-state index is 9.76. The van der Waals surface area contributed by atoms with Crippen LogP contribution in [0.1, 0.15) is 32.1 Å². The minimum absolute atomic E-state index is 0.676. The van der Waals surface area contributed by atoms with E-state index in [1.807, 2.05) is 0 Å². The van der Waals surface area contributed by atoms with Gasteiger partial charge in [-0.3, -0.25) is 0 Å². The molecule has 0 aromatic heterocycles. The smallest absolute Gasteiger partial charge is 0.222 e. The van der Waals surface area contributed by atoms with Gasteiger partial charge in [-0.1, -0.05) is 19.3 Å². The maximum Gasteiger partial charge on any atom is 0.234 e. The van der Waals surface area contributed by atoms with Crippen molar-refractivity contribution in [1.82, 2.24) is 0 Å². The number of rotatable bonds is 2. The Morgan fingerprint density at radius 3 is 1.81 bits per heavy atom. The zero-order valence-electron chi connectivity index (χ0n) is 8.99. The van der Waals surface area contributed by atoms with Gasteiger partial charge in [0.15, 0.2) is 0 Å². The molecule has 0 atom stereocenters. The zero-order valence-corrected chi connectivity index (χ0v) is 8.99. The van der Waals surface area contributed by atoms with Gasteiger partial charge in [0.1, 0.15) is 0 Å². The molecule has 1 fully saturated rings. The van der Waals surface area contributed by atoms with Gasteiger partial charge in [-0.25, -0.2) is 30.2 Å². The molecule has 0 aliphatic heterocycles. The third kappa shape index (κ3) is 14.7. The monoisotopic (exact) mass is 225 g/mol. The Labute approximate surface area is 93.8 Å². The molecule has 1 aliphatic carbocycles. The fourth-order valence-electron chi connectivity index (χ4n) is 1.54. The summed E-state index contributed by atoms with van der Waals surface area (Å²) in [6, 6.07) is 0. The lowest BCUT2D eigenvalue weighted by atomic mass is 9.89. The van der Waals surface area contributed by atoms with E-state index in [9.17, 15) is 4.79 Å². The molecule has 2 N–H and O–H groups in total. The third-order valence-corrected chi connectivity index (χ3v) is 2.14. The molecule has 0 heterocycles. The minimum Gasteiger partial charge on any atom is -0.222 e. The van der Waals surface area contributed by atoms with E-state index in [-0.39, 0.29) is 0 Å². The lowest BCUT2D eigenvalue weighted by Crippen LogP contribution is -2.08. The van der Waals surface area contributed by atoms with E-state index in [4.69, 9.17) is 20.4 Å².